The summed E-state index contributed by atoms with van der Waals surface area (Å²) >= 11 is 11.8. The predicted molar refractivity (Wildman–Crippen MR) is 124 cm³/mol. The Kier molecular flexibility index (Phi) is 7.37. The van der Waals surface area contributed by atoms with Crippen molar-refractivity contribution in [1.29, 1.82) is 0 Å². The summed E-state index contributed by atoms with van der Waals surface area (Å²) in [6.45, 7) is 0. The van der Waals surface area contributed by atoms with E-state index in [2.05, 4.69) is 5.32 Å². The molecule has 1 unspecified atom stereocenters. The zero-order valence-corrected chi connectivity index (χ0v) is 18.6. The highest BCUT2D eigenvalue weighted by atomic mass is 35.5. The average Bonchev–Trinajstić information content (AvgIpc) is 2.80. The first-order valence-electron chi connectivity index (χ1n) is 9.35. The van der Waals surface area contributed by atoms with E-state index in [1.165, 1.54) is 31.4 Å². The zero-order valence-electron chi connectivity index (χ0n) is 17.1. The molecular formula is C22H17Cl2N3O6. The van der Waals surface area contributed by atoms with Crippen LogP contribution in [-0.2, 0) is 9.53 Å². The fourth-order valence-corrected chi connectivity index (χ4v) is 3.26. The van der Waals surface area contributed by atoms with Crippen molar-refractivity contribution in [2.24, 2.45) is 0 Å². The van der Waals surface area contributed by atoms with Gasteiger partial charge in [0.2, 0.25) is 6.10 Å². The number of hydrogen-bond acceptors (Lipinski definition) is 7. The Hall–Kier alpha value is -3.82. The molecule has 0 aliphatic rings. The van der Waals surface area contributed by atoms with Gasteiger partial charge >= 0.3 is 5.97 Å². The number of hydrogen-bond donors (Lipinski definition) is 2. The largest absolute Gasteiger partial charge is 0.496 e. The normalized spacial score (nSPS) is 11.4. The van der Waals surface area contributed by atoms with E-state index in [0.29, 0.717) is 5.56 Å². The van der Waals surface area contributed by atoms with Crippen LogP contribution in [0.2, 0.25) is 10.0 Å². The summed E-state index contributed by atoms with van der Waals surface area (Å²) in [6, 6.07) is 14.7. The van der Waals surface area contributed by atoms with Crippen molar-refractivity contribution in [2.45, 2.75) is 6.10 Å². The lowest BCUT2D eigenvalue weighted by atomic mass is 10.1. The maximum Gasteiger partial charge on any atom is 0.343 e. The summed E-state index contributed by atoms with van der Waals surface area (Å²) < 4.78 is 10.7. The van der Waals surface area contributed by atoms with Gasteiger partial charge in [0.05, 0.1) is 22.7 Å². The number of methoxy groups -OCH3 is 1. The molecule has 0 radical (unpaired) electrons. The molecule has 3 aromatic carbocycles. The number of esters is 1. The molecule has 0 fully saturated rings. The van der Waals surface area contributed by atoms with Gasteiger partial charge in [0.15, 0.2) is 0 Å². The minimum atomic E-state index is -1.39. The van der Waals surface area contributed by atoms with E-state index in [9.17, 15) is 19.7 Å². The lowest BCUT2D eigenvalue weighted by Crippen LogP contribution is -2.26. The summed E-state index contributed by atoms with van der Waals surface area (Å²) in [5, 5.41) is 13.7. The molecule has 0 aromatic heterocycles. The first-order valence-corrected chi connectivity index (χ1v) is 10.1. The van der Waals surface area contributed by atoms with Crippen LogP contribution < -0.4 is 15.8 Å². The highest BCUT2D eigenvalue weighted by Gasteiger charge is 2.28. The second-order valence-electron chi connectivity index (χ2n) is 6.68. The molecule has 0 spiro atoms. The quantitative estimate of drug-likeness (QED) is 0.205. The molecule has 3 N–H and O–H groups in total. The highest BCUT2D eigenvalue weighted by molar-refractivity contribution is 6.33. The lowest BCUT2D eigenvalue weighted by Gasteiger charge is -2.19. The zero-order chi connectivity index (χ0) is 24.1. The maximum atomic E-state index is 13.1. The molecule has 9 nitrogen and oxygen atoms in total. The number of nitrogen functional groups attached to an aromatic ring is 1. The van der Waals surface area contributed by atoms with Crippen molar-refractivity contribution in [1.82, 2.24) is 0 Å². The Bertz CT molecular complexity index is 1220. The minimum Gasteiger partial charge on any atom is -0.496 e. The summed E-state index contributed by atoms with van der Waals surface area (Å²) in [5.74, 6) is -1.52. The summed E-state index contributed by atoms with van der Waals surface area (Å²) in [4.78, 5) is 36.4. The molecule has 11 heteroatoms. The number of nitrogens with one attached hydrogen (secondary N) is 1. The molecular weight excluding hydrogens is 473 g/mol. The van der Waals surface area contributed by atoms with E-state index in [4.69, 9.17) is 38.4 Å². The fraction of sp³-hybridized carbons (Fsp3) is 0.0909. The topological polar surface area (TPSA) is 134 Å². The second-order valence-corrected chi connectivity index (χ2v) is 7.50. The summed E-state index contributed by atoms with van der Waals surface area (Å²) in [5.41, 5.74) is 6.00. The molecule has 0 heterocycles. The number of ether oxygens (including phenoxy) is 2. The van der Waals surface area contributed by atoms with E-state index >= 15 is 0 Å². The monoisotopic (exact) mass is 489 g/mol. The molecule has 0 saturated carbocycles. The number of anilines is 2. The number of nitrogens with two attached hydrogens (primary N) is 1. The van der Waals surface area contributed by atoms with Gasteiger partial charge in [0, 0.05) is 23.4 Å². The molecule has 1 amide bonds. The van der Waals surface area contributed by atoms with Gasteiger partial charge in [-0.25, -0.2) is 4.79 Å². The fourth-order valence-electron chi connectivity index (χ4n) is 2.91. The first kappa shape index (κ1) is 23.8. The van der Waals surface area contributed by atoms with Crippen LogP contribution in [0.5, 0.6) is 5.75 Å². The van der Waals surface area contributed by atoms with Gasteiger partial charge in [-0.1, -0.05) is 53.5 Å². The van der Waals surface area contributed by atoms with Gasteiger partial charge in [0.1, 0.15) is 16.3 Å². The third-order valence-corrected chi connectivity index (χ3v) is 5.16. The van der Waals surface area contributed by atoms with Crippen LogP contribution in [-0.4, -0.2) is 23.9 Å². The molecule has 3 rings (SSSR count). The van der Waals surface area contributed by atoms with Crippen LogP contribution in [0, 0.1) is 10.1 Å². The van der Waals surface area contributed by atoms with Gasteiger partial charge in [-0.15, -0.1) is 0 Å². The number of halogens is 2. The lowest BCUT2D eigenvalue weighted by molar-refractivity contribution is -0.384. The average molecular weight is 490 g/mol. The van der Waals surface area contributed by atoms with Crippen molar-refractivity contribution >= 4 is 52.1 Å². The van der Waals surface area contributed by atoms with Gasteiger partial charge in [-0.05, 0) is 18.2 Å². The van der Waals surface area contributed by atoms with Gasteiger partial charge in [0.25, 0.3) is 11.6 Å². The predicted octanol–water partition coefficient (Wildman–Crippen LogP) is 5.03. The third-order valence-electron chi connectivity index (χ3n) is 4.51. The van der Waals surface area contributed by atoms with Crippen molar-refractivity contribution in [3.05, 3.63) is 92.0 Å². The number of nitro benzene ring substituents is 1. The molecule has 0 aliphatic heterocycles. The molecule has 3 aromatic rings. The van der Waals surface area contributed by atoms with E-state index in [0.717, 1.165) is 6.07 Å². The van der Waals surface area contributed by atoms with Crippen LogP contribution in [0.3, 0.4) is 0 Å². The van der Waals surface area contributed by atoms with Crippen molar-refractivity contribution in [3.63, 3.8) is 0 Å². The number of carbonyl (C=O) groups excluding carboxylic acids is 2. The summed E-state index contributed by atoms with van der Waals surface area (Å²) in [6.07, 6.45) is -1.39. The molecule has 1 atom stereocenters. The molecule has 0 saturated heterocycles. The van der Waals surface area contributed by atoms with Gasteiger partial charge in [-0.3, -0.25) is 14.9 Å². The van der Waals surface area contributed by atoms with Crippen LogP contribution in [0.15, 0.2) is 60.7 Å². The van der Waals surface area contributed by atoms with Crippen LogP contribution in [0.25, 0.3) is 0 Å². The van der Waals surface area contributed by atoms with Gasteiger partial charge in [-0.2, -0.15) is 0 Å². The van der Waals surface area contributed by atoms with E-state index in [-0.39, 0.29) is 38.4 Å². The molecule has 33 heavy (non-hydrogen) atoms. The number of carbonyl (C=O) groups is 2. The van der Waals surface area contributed by atoms with E-state index in [1.54, 1.807) is 30.3 Å². The Morgan fingerprint density at radius 3 is 2.39 bits per heavy atom. The minimum absolute atomic E-state index is 0.0347. The van der Waals surface area contributed by atoms with Gasteiger partial charge < -0.3 is 20.5 Å². The number of nitro groups is 1. The van der Waals surface area contributed by atoms with E-state index in [1.807, 2.05) is 0 Å². The SMILES string of the molecule is COc1cc(N)c(Cl)cc1C(=O)OC(C(=O)Nc1ccc(Cl)c([N+](=O)[O-])c1)c1ccccc1. The number of benzene rings is 3. The molecule has 0 aliphatic carbocycles. The Morgan fingerprint density at radius 1 is 1.06 bits per heavy atom. The third kappa shape index (κ3) is 5.51. The standard InChI is InChI=1S/C22H17Cl2N3O6/c1-32-19-11-17(25)16(24)10-14(19)22(29)33-20(12-5-3-2-4-6-12)21(28)26-13-7-8-15(23)18(9-13)27(30)31/h2-11,20H,25H2,1H3,(H,26,28). The van der Waals surface area contributed by atoms with E-state index < -0.39 is 22.9 Å². The first-order chi connectivity index (χ1) is 15.7. The Balaban J connectivity index is 1.93. The van der Waals surface area contributed by atoms with Crippen molar-refractivity contribution in [3.8, 4) is 5.75 Å². The van der Waals surface area contributed by atoms with Crippen molar-refractivity contribution < 1.29 is 24.0 Å². The van der Waals surface area contributed by atoms with Crippen molar-refractivity contribution in [2.75, 3.05) is 18.2 Å². The van der Waals surface area contributed by atoms with Crippen LogP contribution in [0.1, 0.15) is 22.0 Å². The Morgan fingerprint density at radius 2 is 1.76 bits per heavy atom. The summed E-state index contributed by atoms with van der Waals surface area (Å²) in [7, 11) is 1.34. The molecule has 170 valence electrons. The van der Waals surface area contributed by atoms with Crippen LogP contribution >= 0.6 is 23.2 Å². The van der Waals surface area contributed by atoms with Crippen LogP contribution in [0.4, 0.5) is 17.1 Å². The molecule has 0 bridgehead atoms. The Labute approximate surface area is 198 Å². The number of rotatable bonds is 7. The number of amides is 1. The smallest absolute Gasteiger partial charge is 0.343 e. The highest BCUT2D eigenvalue weighted by Crippen LogP contribution is 2.32. The second kappa shape index (κ2) is 10.2. The number of nitrogens with zero attached hydrogens (tertiary/aromatic N) is 1. The maximum absolute atomic E-state index is 13.1.